The van der Waals surface area contributed by atoms with Gasteiger partial charge in [0, 0.05) is 12.1 Å². The molecule has 0 spiro atoms. The van der Waals surface area contributed by atoms with Crippen LogP contribution in [0.5, 0.6) is 5.75 Å². The summed E-state index contributed by atoms with van der Waals surface area (Å²) in [7, 11) is -16.9. The minimum absolute atomic E-state index is 0.327. The van der Waals surface area contributed by atoms with Crippen LogP contribution in [-0.4, -0.2) is 40.6 Å². The van der Waals surface area contributed by atoms with Crippen molar-refractivity contribution in [3.63, 3.8) is 0 Å². The van der Waals surface area contributed by atoms with Crippen LogP contribution in [-0.2, 0) is 38.9 Å². The smallest absolute Gasteiger partial charge is 0.370 e. The Kier molecular flexibility index (Phi) is 7.68. The van der Waals surface area contributed by atoms with Gasteiger partial charge in [-0.2, -0.15) is 38.4 Å². The van der Waals surface area contributed by atoms with E-state index in [-0.39, 0.29) is 0 Å². The summed E-state index contributed by atoms with van der Waals surface area (Å²) in [4.78, 5) is 17.0. The minimum atomic E-state index is -6.45. The third-order valence-corrected chi connectivity index (χ3v) is 6.69. The van der Waals surface area contributed by atoms with Crippen LogP contribution in [0.25, 0.3) is 5.64 Å². The lowest BCUT2D eigenvalue weighted by Gasteiger charge is -2.20. The Hall–Kier alpha value is -3.44. The predicted molar refractivity (Wildman–Crippen MR) is 102 cm³/mol. The van der Waals surface area contributed by atoms with Crippen LogP contribution in [0.1, 0.15) is 0 Å². The Morgan fingerprint density at radius 3 is 1.83 bits per heavy atom. The molecule has 0 fully saturated rings. The molecule has 2 rings (SSSR count). The van der Waals surface area contributed by atoms with Crippen LogP contribution in [0, 0.1) is 20.2 Å². The third-order valence-electron chi connectivity index (χ3n) is 3.49. The third kappa shape index (κ3) is 6.37. The highest BCUT2D eigenvalue weighted by molar-refractivity contribution is 7.88. The fraction of sp³-hybridized carbons (Fsp3) is 0.0769. The Morgan fingerprint density at radius 1 is 0.800 bits per heavy atom. The first-order chi connectivity index (χ1) is 15.9. The van der Waals surface area contributed by atoms with Crippen molar-refractivity contribution in [2.45, 2.75) is 15.3 Å². The fourth-order valence-corrected chi connectivity index (χ4v) is 4.04. The Bertz CT molecular complexity index is 1470. The standard InChI is InChI=1S/C13H7F3N3O13S3/c14-13(15,16)35(28,29)30-10-2-1-3-11(12(10)19(22)23)34(26,27)32-17-31-33(24,25)9-6-4-8(5-7-9)18(20)21/h1-7H/q-1. The Balaban J connectivity index is 2.31. The molecule has 0 bridgehead atoms. The van der Waals surface area contributed by atoms with Crippen molar-refractivity contribution in [3.05, 3.63) is 68.3 Å². The molecule has 0 N–H and O–H groups in total. The molecule has 0 atom stereocenters. The summed E-state index contributed by atoms with van der Waals surface area (Å²) in [5.74, 6) is -1.67. The number of alkyl halides is 3. The molecule has 0 saturated carbocycles. The van der Waals surface area contributed by atoms with Gasteiger partial charge in [-0.1, -0.05) is 6.07 Å². The molecular weight excluding hydrogens is 559 g/mol. The first kappa shape index (κ1) is 27.8. The fourth-order valence-electron chi connectivity index (χ4n) is 2.03. The molecule has 0 aliphatic rings. The van der Waals surface area contributed by atoms with Crippen molar-refractivity contribution >= 4 is 41.7 Å². The van der Waals surface area contributed by atoms with Gasteiger partial charge < -0.3 is 18.4 Å². The summed E-state index contributed by atoms with van der Waals surface area (Å²) in [6.45, 7) is 0. The summed E-state index contributed by atoms with van der Waals surface area (Å²) >= 11 is 0. The number of nitro groups is 2. The number of para-hydroxylation sites is 1. The largest absolute Gasteiger partial charge is 0.534 e. The monoisotopic (exact) mass is 566 g/mol. The number of benzene rings is 2. The second-order valence-electron chi connectivity index (χ2n) is 5.73. The van der Waals surface area contributed by atoms with E-state index in [2.05, 4.69) is 18.4 Å². The normalized spacial score (nSPS) is 12.8. The molecule has 0 aliphatic heterocycles. The van der Waals surface area contributed by atoms with E-state index in [0.717, 1.165) is 12.1 Å². The average molecular weight is 566 g/mol. The van der Waals surface area contributed by atoms with Gasteiger partial charge >= 0.3 is 21.3 Å². The second kappa shape index (κ2) is 9.67. The summed E-state index contributed by atoms with van der Waals surface area (Å²) in [6.07, 6.45) is 0. The van der Waals surface area contributed by atoms with Crippen LogP contribution >= 0.6 is 0 Å². The van der Waals surface area contributed by atoms with Gasteiger partial charge in [0.15, 0.2) is 4.90 Å². The topological polar surface area (TPSA) is 230 Å². The number of hydrogen-bond donors (Lipinski definition) is 0. The van der Waals surface area contributed by atoms with E-state index in [1.165, 1.54) is 0 Å². The van der Waals surface area contributed by atoms with Crippen molar-refractivity contribution in [2.75, 3.05) is 0 Å². The second-order valence-corrected chi connectivity index (χ2v) is 10.3. The highest BCUT2D eigenvalue weighted by atomic mass is 32.2. The van der Waals surface area contributed by atoms with E-state index >= 15 is 0 Å². The maximum atomic E-state index is 12.5. The minimum Gasteiger partial charge on any atom is -0.370 e. The number of hydrogen-bond acceptors (Lipinski definition) is 13. The number of halogens is 3. The molecule has 35 heavy (non-hydrogen) atoms. The maximum absolute atomic E-state index is 12.5. The maximum Gasteiger partial charge on any atom is 0.534 e. The van der Waals surface area contributed by atoms with Crippen molar-refractivity contribution in [1.82, 2.24) is 0 Å². The van der Waals surface area contributed by atoms with Crippen LogP contribution in [0.4, 0.5) is 24.5 Å². The molecule has 0 amide bonds. The van der Waals surface area contributed by atoms with E-state index in [0.29, 0.717) is 30.3 Å². The molecule has 2 aromatic carbocycles. The summed E-state index contributed by atoms with van der Waals surface area (Å²) in [5.41, 5.74) is -6.07. The Morgan fingerprint density at radius 2 is 1.34 bits per heavy atom. The molecular formula is C13H7F3N3O13S3-. The molecule has 0 unspecified atom stereocenters. The lowest BCUT2D eigenvalue weighted by atomic mass is 10.3. The van der Waals surface area contributed by atoms with Gasteiger partial charge in [0.2, 0.25) is 5.75 Å². The zero-order chi connectivity index (χ0) is 26.8. The Labute approximate surface area is 192 Å². The van der Waals surface area contributed by atoms with Gasteiger partial charge in [-0.15, -0.1) is 0 Å². The quantitative estimate of drug-likeness (QED) is 0.174. The van der Waals surface area contributed by atoms with Crippen LogP contribution in [0.3, 0.4) is 0 Å². The van der Waals surface area contributed by atoms with Gasteiger partial charge in [-0.05, 0) is 24.3 Å². The molecule has 192 valence electrons. The van der Waals surface area contributed by atoms with Gasteiger partial charge in [0.25, 0.3) is 25.9 Å². The van der Waals surface area contributed by atoms with Crippen LogP contribution in [0.2, 0.25) is 0 Å². The first-order valence-electron chi connectivity index (χ1n) is 7.99. The van der Waals surface area contributed by atoms with Gasteiger partial charge in [-0.3, -0.25) is 20.2 Å². The van der Waals surface area contributed by atoms with E-state index in [4.69, 9.17) is 0 Å². The lowest BCUT2D eigenvalue weighted by molar-refractivity contribution is -0.388. The summed E-state index contributed by atoms with van der Waals surface area (Å²) < 4.78 is 120. The van der Waals surface area contributed by atoms with E-state index < -0.39 is 72.6 Å². The molecule has 0 aromatic heterocycles. The van der Waals surface area contributed by atoms with E-state index in [9.17, 15) is 58.7 Å². The molecule has 2 aromatic rings. The predicted octanol–water partition coefficient (Wildman–Crippen LogP) is 2.05. The molecule has 0 saturated heterocycles. The molecule has 0 heterocycles. The van der Waals surface area contributed by atoms with Crippen molar-refractivity contribution < 1.29 is 61.0 Å². The molecule has 0 aliphatic carbocycles. The van der Waals surface area contributed by atoms with Crippen molar-refractivity contribution in [1.29, 1.82) is 0 Å². The van der Waals surface area contributed by atoms with E-state index in [1.807, 2.05) is 0 Å². The number of non-ortho nitro benzene ring substituents is 1. The summed E-state index contributed by atoms with van der Waals surface area (Å²) in [5, 5.41) is 21.8. The van der Waals surface area contributed by atoms with Crippen LogP contribution in [0.15, 0.2) is 52.3 Å². The molecule has 22 heteroatoms. The number of nitrogens with zero attached hydrogens (tertiary/aromatic N) is 3. The van der Waals surface area contributed by atoms with Crippen LogP contribution < -0.4 is 4.18 Å². The highest BCUT2D eigenvalue weighted by Crippen LogP contribution is 2.38. The van der Waals surface area contributed by atoms with Gasteiger partial charge in [0.05, 0.1) is 14.7 Å². The highest BCUT2D eigenvalue weighted by Gasteiger charge is 2.49. The zero-order valence-electron chi connectivity index (χ0n) is 16.0. The van der Waals surface area contributed by atoms with Crippen molar-refractivity contribution in [3.8, 4) is 5.75 Å². The lowest BCUT2D eigenvalue weighted by Crippen LogP contribution is -2.28. The molecule has 0 radical (unpaired) electrons. The number of rotatable bonds is 10. The van der Waals surface area contributed by atoms with Crippen molar-refractivity contribution in [2.24, 2.45) is 0 Å². The van der Waals surface area contributed by atoms with Gasteiger partial charge in [-0.25, -0.2) is 0 Å². The number of nitro benzene ring substituents is 2. The average Bonchev–Trinajstić information content (AvgIpc) is 2.72. The molecule has 16 nitrogen and oxygen atoms in total. The zero-order valence-corrected chi connectivity index (χ0v) is 18.5. The van der Waals surface area contributed by atoms with Gasteiger partial charge in [0.1, 0.15) is 0 Å². The summed E-state index contributed by atoms with van der Waals surface area (Å²) in [6, 6.07) is 4.11. The SMILES string of the molecule is O=[N+]([O-])c1ccc(S(=O)(=O)O[N-]OS(=O)(=O)c2cccc(OS(=O)(=O)C(F)(F)F)c2[N+](=O)[O-])cc1. The van der Waals surface area contributed by atoms with E-state index in [1.54, 1.807) is 0 Å². The first-order valence-corrected chi connectivity index (χ1v) is 12.2.